The van der Waals surface area contributed by atoms with Crippen LogP contribution in [-0.2, 0) is 11.3 Å². The predicted molar refractivity (Wildman–Crippen MR) is 88.6 cm³/mol. The van der Waals surface area contributed by atoms with E-state index in [0.29, 0.717) is 12.5 Å². The fourth-order valence-electron chi connectivity index (χ4n) is 2.86. The van der Waals surface area contributed by atoms with Gasteiger partial charge in [-0.15, -0.1) is 11.3 Å². The number of aromatic nitrogens is 3. The molecule has 0 bridgehead atoms. The highest BCUT2D eigenvalue weighted by molar-refractivity contribution is 7.09. The van der Waals surface area contributed by atoms with Crippen LogP contribution in [-0.4, -0.2) is 38.7 Å². The number of carbonyl (C=O) groups is 1. The Morgan fingerprint density at radius 2 is 2.17 bits per heavy atom. The molecule has 0 spiro atoms. The van der Waals surface area contributed by atoms with Gasteiger partial charge in [0.15, 0.2) is 0 Å². The van der Waals surface area contributed by atoms with Crippen molar-refractivity contribution in [3.05, 3.63) is 44.3 Å². The van der Waals surface area contributed by atoms with E-state index in [-0.39, 0.29) is 18.0 Å². The lowest BCUT2D eigenvalue weighted by molar-refractivity contribution is -0.133. The number of rotatable bonds is 3. The van der Waals surface area contributed by atoms with Gasteiger partial charge in [-0.2, -0.15) is 5.10 Å². The van der Waals surface area contributed by atoms with Crippen molar-refractivity contribution in [2.45, 2.75) is 39.2 Å². The third-order valence-corrected chi connectivity index (χ3v) is 5.17. The number of amides is 1. The van der Waals surface area contributed by atoms with Crippen LogP contribution in [0.25, 0.3) is 0 Å². The molecule has 2 aromatic rings. The number of hydrogen-bond acceptors (Lipinski definition) is 5. The summed E-state index contributed by atoms with van der Waals surface area (Å²) in [7, 11) is 0. The van der Waals surface area contributed by atoms with Crippen LogP contribution >= 0.6 is 11.3 Å². The fraction of sp³-hybridized carbons (Fsp3) is 0.500. The number of nitrogens with zero attached hydrogens (tertiary/aromatic N) is 4. The van der Waals surface area contributed by atoms with Crippen molar-refractivity contribution in [2.24, 2.45) is 0 Å². The third kappa shape index (κ3) is 3.67. The van der Waals surface area contributed by atoms with Crippen molar-refractivity contribution >= 4 is 17.2 Å². The summed E-state index contributed by atoms with van der Waals surface area (Å²) in [5.41, 5.74) is 1.52. The van der Waals surface area contributed by atoms with E-state index in [1.807, 2.05) is 24.1 Å². The summed E-state index contributed by atoms with van der Waals surface area (Å²) in [5, 5.41) is 7.29. The molecule has 2 aromatic heterocycles. The van der Waals surface area contributed by atoms with Crippen LogP contribution in [0.5, 0.6) is 0 Å². The molecular formula is C16H20N4O2S. The highest BCUT2D eigenvalue weighted by Crippen LogP contribution is 2.29. The van der Waals surface area contributed by atoms with E-state index in [9.17, 15) is 9.59 Å². The maximum atomic E-state index is 12.5. The highest BCUT2D eigenvalue weighted by atomic mass is 32.1. The Morgan fingerprint density at radius 1 is 1.35 bits per heavy atom. The quantitative estimate of drug-likeness (QED) is 0.858. The normalized spacial score (nSPS) is 18.2. The van der Waals surface area contributed by atoms with Crippen LogP contribution in [0.2, 0.25) is 0 Å². The van der Waals surface area contributed by atoms with Crippen molar-refractivity contribution in [1.29, 1.82) is 0 Å². The molecule has 1 amide bonds. The second-order valence-electron chi connectivity index (χ2n) is 5.98. The first kappa shape index (κ1) is 15.9. The van der Waals surface area contributed by atoms with Crippen molar-refractivity contribution < 1.29 is 4.79 Å². The van der Waals surface area contributed by atoms with Gasteiger partial charge in [0.1, 0.15) is 6.54 Å². The number of likely N-dealkylation sites (tertiary alicyclic amines) is 1. The Kier molecular flexibility index (Phi) is 4.56. The van der Waals surface area contributed by atoms with Gasteiger partial charge in [-0.05, 0) is 32.8 Å². The Balaban J connectivity index is 1.69. The molecule has 0 radical (unpaired) electrons. The lowest BCUT2D eigenvalue weighted by Gasteiger charge is -2.31. The Bertz CT molecular complexity index is 767. The van der Waals surface area contributed by atoms with Crippen LogP contribution in [0, 0.1) is 13.8 Å². The summed E-state index contributed by atoms with van der Waals surface area (Å²) in [5.74, 6) is 0.247. The molecule has 3 rings (SSSR count). The second kappa shape index (κ2) is 6.62. The zero-order chi connectivity index (χ0) is 16.4. The van der Waals surface area contributed by atoms with Crippen molar-refractivity contribution in [3.8, 4) is 0 Å². The van der Waals surface area contributed by atoms with Gasteiger partial charge in [0.05, 0.1) is 10.7 Å². The second-order valence-corrected chi connectivity index (χ2v) is 6.87. The van der Waals surface area contributed by atoms with Crippen LogP contribution in [0.15, 0.2) is 22.3 Å². The molecule has 7 heteroatoms. The van der Waals surface area contributed by atoms with Crippen LogP contribution in [0.3, 0.4) is 0 Å². The summed E-state index contributed by atoms with van der Waals surface area (Å²) < 4.78 is 1.24. The number of hydrogen-bond donors (Lipinski definition) is 0. The monoisotopic (exact) mass is 332 g/mol. The van der Waals surface area contributed by atoms with E-state index in [0.717, 1.165) is 35.8 Å². The fourth-order valence-corrected chi connectivity index (χ4v) is 3.78. The number of thiazole rings is 1. The van der Waals surface area contributed by atoms with Crippen LogP contribution in [0.4, 0.5) is 0 Å². The first-order valence-electron chi connectivity index (χ1n) is 7.77. The van der Waals surface area contributed by atoms with Gasteiger partial charge in [-0.25, -0.2) is 9.67 Å². The molecule has 1 saturated heterocycles. The molecule has 1 aliphatic heterocycles. The van der Waals surface area contributed by atoms with E-state index in [1.54, 1.807) is 17.4 Å². The largest absolute Gasteiger partial charge is 0.340 e. The molecule has 23 heavy (non-hydrogen) atoms. The number of aryl methyl sites for hydroxylation is 2. The SMILES string of the molecule is Cc1csc([C@H]2CCCN(C(=O)Cn3nc(C)ccc3=O)C2)n1. The highest BCUT2D eigenvalue weighted by Gasteiger charge is 2.26. The Hall–Kier alpha value is -2.02. The summed E-state index contributed by atoms with van der Waals surface area (Å²) in [6.45, 7) is 5.21. The first-order chi connectivity index (χ1) is 11.0. The zero-order valence-electron chi connectivity index (χ0n) is 13.4. The van der Waals surface area contributed by atoms with Crippen molar-refractivity contribution in [3.63, 3.8) is 0 Å². The predicted octanol–water partition coefficient (Wildman–Crippen LogP) is 1.72. The molecule has 0 saturated carbocycles. The van der Waals surface area contributed by atoms with E-state index in [1.165, 1.54) is 10.7 Å². The molecule has 1 atom stereocenters. The molecule has 0 aromatic carbocycles. The standard InChI is InChI=1S/C16H20N4O2S/c1-11-5-6-14(21)20(18-11)9-15(22)19-7-3-4-13(8-19)16-17-12(2)10-23-16/h5-6,10,13H,3-4,7-9H2,1-2H3/t13-/m0/s1. The molecule has 0 aliphatic carbocycles. The van der Waals surface area contributed by atoms with Gasteiger partial charge in [-0.3, -0.25) is 9.59 Å². The summed E-state index contributed by atoms with van der Waals surface area (Å²) >= 11 is 1.66. The summed E-state index contributed by atoms with van der Waals surface area (Å²) in [6.07, 6.45) is 2.02. The third-order valence-electron chi connectivity index (χ3n) is 4.05. The molecule has 6 nitrogen and oxygen atoms in total. The smallest absolute Gasteiger partial charge is 0.267 e. The van der Waals surface area contributed by atoms with E-state index >= 15 is 0 Å². The lowest BCUT2D eigenvalue weighted by atomic mass is 9.98. The Morgan fingerprint density at radius 3 is 2.91 bits per heavy atom. The van der Waals surface area contributed by atoms with E-state index < -0.39 is 0 Å². The van der Waals surface area contributed by atoms with Gasteiger partial charge < -0.3 is 4.90 Å². The maximum absolute atomic E-state index is 12.5. The Labute approximate surface area is 138 Å². The zero-order valence-corrected chi connectivity index (χ0v) is 14.2. The van der Waals surface area contributed by atoms with Gasteiger partial charge in [0.25, 0.3) is 5.56 Å². The molecule has 122 valence electrons. The van der Waals surface area contributed by atoms with Crippen LogP contribution in [0.1, 0.15) is 35.2 Å². The molecular weight excluding hydrogens is 312 g/mol. The minimum Gasteiger partial charge on any atom is -0.340 e. The van der Waals surface area contributed by atoms with E-state index in [4.69, 9.17) is 0 Å². The van der Waals surface area contributed by atoms with Gasteiger partial charge in [0, 0.05) is 36.1 Å². The van der Waals surface area contributed by atoms with Crippen LogP contribution < -0.4 is 5.56 Å². The molecule has 0 N–H and O–H groups in total. The van der Waals surface area contributed by atoms with Gasteiger partial charge in [-0.1, -0.05) is 0 Å². The molecule has 0 unspecified atom stereocenters. The summed E-state index contributed by atoms with van der Waals surface area (Å²) in [6, 6.07) is 3.11. The lowest BCUT2D eigenvalue weighted by Crippen LogP contribution is -2.42. The maximum Gasteiger partial charge on any atom is 0.267 e. The summed E-state index contributed by atoms with van der Waals surface area (Å²) in [4.78, 5) is 30.7. The van der Waals surface area contributed by atoms with Crippen molar-refractivity contribution in [2.75, 3.05) is 13.1 Å². The average Bonchev–Trinajstić information content (AvgIpc) is 2.97. The van der Waals surface area contributed by atoms with Crippen molar-refractivity contribution in [1.82, 2.24) is 19.7 Å². The minimum atomic E-state index is -0.243. The number of carbonyl (C=O) groups excluding carboxylic acids is 1. The topological polar surface area (TPSA) is 68.1 Å². The van der Waals surface area contributed by atoms with Gasteiger partial charge >= 0.3 is 0 Å². The molecule has 1 fully saturated rings. The van der Waals surface area contributed by atoms with E-state index in [2.05, 4.69) is 10.1 Å². The minimum absolute atomic E-state index is 0.00410. The molecule has 3 heterocycles. The average molecular weight is 332 g/mol. The number of piperidine rings is 1. The van der Waals surface area contributed by atoms with Gasteiger partial charge in [0.2, 0.25) is 5.91 Å². The molecule has 1 aliphatic rings. The first-order valence-corrected chi connectivity index (χ1v) is 8.65.